The molecule has 10 heavy (non-hydrogen) atoms. The van der Waals surface area contributed by atoms with E-state index in [2.05, 4.69) is 11.7 Å². The third-order valence-corrected chi connectivity index (χ3v) is 4.32. The fourth-order valence-electron chi connectivity index (χ4n) is 0.788. The summed E-state index contributed by atoms with van der Waals surface area (Å²) in [7, 11) is 1.44. The zero-order valence-corrected chi connectivity index (χ0v) is 7.63. The summed E-state index contributed by atoms with van der Waals surface area (Å²) in [5, 5.41) is 0.0741. The summed E-state index contributed by atoms with van der Waals surface area (Å²) < 4.78 is 5.15. The normalized spacial score (nSPS) is 32.2. The van der Waals surface area contributed by atoms with E-state index in [1.165, 1.54) is 7.11 Å². The molecule has 0 amide bonds. The molecule has 0 aromatic heterocycles. The average Bonchev–Trinajstić information content (AvgIpc) is 2.34. The summed E-state index contributed by atoms with van der Waals surface area (Å²) in [6.07, 6.45) is 0. The van der Waals surface area contributed by atoms with E-state index in [0.29, 0.717) is 4.58 Å². The van der Waals surface area contributed by atoms with Crippen molar-refractivity contribution in [2.24, 2.45) is 0 Å². The van der Waals surface area contributed by atoms with Gasteiger partial charge in [-0.15, -0.1) is 23.5 Å². The number of esters is 1. The Hall–Kier alpha value is 0.170. The molecule has 1 aliphatic heterocycles. The molecule has 4 heteroatoms. The number of carbonyl (C=O) groups is 1. The van der Waals surface area contributed by atoms with Crippen molar-refractivity contribution in [2.45, 2.75) is 16.8 Å². The van der Waals surface area contributed by atoms with Crippen molar-refractivity contribution in [3.05, 3.63) is 0 Å². The molecule has 1 rings (SSSR count). The first-order valence-corrected chi connectivity index (χ1v) is 5.08. The fourth-order valence-corrected chi connectivity index (χ4v) is 3.54. The molecule has 58 valence electrons. The molecule has 0 spiro atoms. The maximum atomic E-state index is 10.9. The highest BCUT2D eigenvalue weighted by Gasteiger charge is 2.29. The number of hydrogen-bond donors (Lipinski definition) is 0. The second-order valence-corrected chi connectivity index (χ2v) is 5.27. The maximum absolute atomic E-state index is 10.9. The summed E-state index contributed by atoms with van der Waals surface area (Å²) in [5.74, 6) is 0.820. The number of ether oxygens (including phenoxy) is 1. The van der Waals surface area contributed by atoms with Crippen LogP contribution in [-0.4, -0.2) is 28.7 Å². The molecule has 1 aliphatic rings. The van der Waals surface area contributed by atoms with Crippen molar-refractivity contribution in [2.75, 3.05) is 12.9 Å². The van der Waals surface area contributed by atoms with Crippen molar-refractivity contribution in [3.8, 4) is 0 Å². The van der Waals surface area contributed by atoms with Crippen LogP contribution in [0.4, 0.5) is 0 Å². The Morgan fingerprint density at radius 1 is 1.70 bits per heavy atom. The van der Waals surface area contributed by atoms with E-state index in [9.17, 15) is 4.79 Å². The van der Waals surface area contributed by atoms with Gasteiger partial charge in [0.15, 0.2) is 0 Å². The molecule has 1 fully saturated rings. The summed E-state index contributed by atoms with van der Waals surface area (Å²) >= 11 is 3.50. The third kappa shape index (κ3) is 1.83. The lowest BCUT2D eigenvalue weighted by atomic mass is 10.5. The van der Waals surface area contributed by atoms with Crippen LogP contribution in [-0.2, 0) is 9.53 Å². The number of hydrogen-bond acceptors (Lipinski definition) is 4. The van der Waals surface area contributed by atoms with E-state index in [0.717, 1.165) is 5.75 Å². The van der Waals surface area contributed by atoms with Crippen LogP contribution in [0.5, 0.6) is 0 Å². The molecule has 1 heterocycles. The van der Waals surface area contributed by atoms with E-state index in [1.807, 2.05) is 11.8 Å². The minimum Gasteiger partial charge on any atom is -0.468 e. The van der Waals surface area contributed by atoms with Crippen molar-refractivity contribution < 1.29 is 9.53 Å². The monoisotopic (exact) mass is 178 g/mol. The van der Waals surface area contributed by atoms with Crippen molar-refractivity contribution in [3.63, 3.8) is 0 Å². The van der Waals surface area contributed by atoms with Crippen LogP contribution in [0.25, 0.3) is 0 Å². The molecule has 0 N–H and O–H groups in total. The first kappa shape index (κ1) is 8.27. The zero-order valence-electron chi connectivity index (χ0n) is 5.99. The number of carbonyl (C=O) groups excluding carboxylic acids is 1. The molecular weight excluding hydrogens is 168 g/mol. The van der Waals surface area contributed by atoms with E-state index >= 15 is 0 Å². The summed E-state index contributed by atoms with van der Waals surface area (Å²) in [4.78, 5) is 10.9. The standard InChI is InChI=1S/C6H10O2S2/c1-4-9-3-5(10-4)6(7)8-2/h4-5H,3H2,1-2H3. The smallest absolute Gasteiger partial charge is 0.319 e. The van der Waals surface area contributed by atoms with Gasteiger partial charge in [-0.1, -0.05) is 0 Å². The Bertz CT molecular complexity index is 138. The minimum atomic E-state index is -0.0816. The summed E-state index contributed by atoms with van der Waals surface area (Å²) in [6, 6.07) is 0. The van der Waals surface area contributed by atoms with Gasteiger partial charge in [0.25, 0.3) is 0 Å². The average molecular weight is 178 g/mol. The molecule has 0 radical (unpaired) electrons. The van der Waals surface area contributed by atoms with Crippen LogP contribution in [0.2, 0.25) is 0 Å². The third-order valence-electron chi connectivity index (χ3n) is 1.30. The topological polar surface area (TPSA) is 26.3 Å². The summed E-state index contributed by atoms with van der Waals surface area (Å²) in [6.45, 7) is 2.11. The predicted molar refractivity (Wildman–Crippen MR) is 45.3 cm³/mol. The van der Waals surface area contributed by atoms with E-state index in [-0.39, 0.29) is 11.2 Å². The van der Waals surface area contributed by atoms with Gasteiger partial charge in [0.05, 0.1) is 7.11 Å². The summed E-state index contributed by atoms with van der Waals surface area (Å²) in [5.41, 5.74) is 0. The van der Waals surface area contributed by atoms with Crippen LogP contribution in [0, 0.1) is 0 Å². The van der Waals surface area contributed by atoms with Gasteiger partial charge in [-0.2, -0.15) is 0 Å². The minimum absolute atomic E-state index is 0.0741. The Kier molecular flexibility index (Phi) is 2.92. The molecular formula is C6H10O2S2. The van der Waals surface area contributed by atoms with Gasteiger partial charge in [0, 0.05) is 10.3 Å². The van der Waals surface area contributed by atoms with Gasteiger partial charge in [-0.05, 0) is 6.92 Å². The quantitative estimate of drug-likeness (QED) is 0.566. The number of rotatable bonds is 1. The van der Waals surface area contributed by atoms with Crippen LogP contribution in [0.15, 0.2) is 0 Å². The second kappa shape index (κ2) is 3.53. The van der Waals surface area contributed by atoms with Gasteiger partial charge in [-0.3, -0.25) is 4.79 Å². The molecule has 2 unspecified atom stereocenters. The Labute approximate surface area is 69.1 Å². The first-order valence-electron chi connectivity index (χ1n) is 3.09. The Morgan fingerprint density at radius 3 is 2.80 bits per heavy atom. The highest BCUT2D eigenvalue weighted by atomic mass is 32.2. The molecule has 0 bridgehead atoms. The van der Waals surface area contributed by atoms with Crippen LogP contribution >= 0.6 is 23.5 Å². The van der Waals surface area contributed by atoms with Crippen LogP contribution < -0.4 is 0 Å². The van der Waals surface area contributed by atoms with Crippen molar-refractivity contribution in [1.82, 2.24) is 0 Å². The largest absolute Gasteiger partial charge is 0.468 e. The van der Waals surface area contributed by atoms with Crippen molar-refractivity contribution >= 4 is 29.5 Å². The van der Waals surface area contributed by atoms with Gasteiger partial charge < -0.3 is 4.74 Å². The predicted octanol–water partition coefficient (Wildman–Crippen LogP) is 1.35. The lowest BCUT2D eigenvalue weighted by molar-refractivity contribution is -0.139. The lowest BCUT2D eigenvalue weighted by Crippen LogP contribution is -2.17. The molecule has 0 saturated carbocycles. The van der Waals surface area contributed by atoms with Gasteiger partial charge in [-0.25, -0.2) is 0 Å². The molecule has 1 saturated heterocycles. The molecule has 2 nitrogen and oxygen atoms in total. The van der Waals surface area contributed by atoms with E-state index < -0.39 is 0 Å². The molecule has 0 aromatic carbocycles. The number of thioether (sulfide) groups is 2. The zero-order chi connectivity index (χ0) is 7.56. The maximum Gasteiger partial charge on any atom is 0.319 e. The molecule has 0 aliphatic carbocycles. The van der Waals surface area contributed by atoms with Gasteiger partial charge >= 0.3 is 5.97 Å². The first-order chi connectivity index (χ1) is 4.74. The van der Waals surface area contributed by atoms with E-state index in [4.69, 9.17) is 0 Å². The second-order valence-electron chi connectivity index (χ2n) is 2.05. The SMILES string of the molecule is COC(=O)C1CSC(C)S1. The molecule has 0 aromatic rings. The van der Waals surface area contributed by atoms with Crippen molar-refractivity contribution in [1.29, 1.82) is 0 Å². The molecule has 2 atom stereocenters. The lowest BCUT2D eigenvalue weighted by Gasteiger charge is -2.03. The highest BCUT2D eigenvalue weighted by molar-refractivity contribution is 8.20. The van der Waals surface area contributed by atoms with Gasteiger partial charge in [0.1, 0.15) is 5.25 Å². The van der Waals surface area contributed by atoms with E-state index in [1.54, 1.807) is 11.8 Å². The fraction of sp³-hybridized carbons (Fsp3) is 0.833. The highest BCUT2D eigenvalue weighted by Crippen LogP contribution is 2.37. The Morgan fingerprint density at radius 2 is 2.40 bits per heavy atom. The Balaban J connectivity index is 2.37. The van der Waals surface area contributed by atoms with Gasteiger partial charge in [0.2, 0.25) is 0 Å². The van der Waals surface area contributed by atoms with Crippen LogP contribution in [0.1, 0.15) is 6.92 Å². The van der Waals surface area contributed by atoms with Crippen LogP contribution in [0.3, 0.4) is 0 Å². The number of methoxy groups -OCH3 is 1.